The number of hydrogen-bond acceptors (Lipinski definition) is 6. The van der Waals surface area contributed by atoms with Gasteiger partial charge in [-0.15, -0.1) is 16.4 Å². The minimum Gasteiger partial charge on any atom is -0.309 e. The van der Waals surface area contributed by atoms with Crippen molar-refractivity contribution in [1.82, 2.24) is 24.7 Å². The summed E-state index contributed by atoms with van der Waals surface area (Å²) in [5, 5.41) is 7.43. The maximum atomic E-state index is 12.3. The Morgan fingerprint density at radius 1 is 1.32 bits per heavy atom. The van der Waals surface area contributed by atoms with Gasteiger partial charge in [-0.3, -0.25) is 9.36 Å². The van der Waals surface area contributed by atoms with Crippen molar-refractivity contribution in [2.75, 3.05) is 0 Å². The van der Waals surface area contributed by atoms with Crippen LogP contribution in [-0.4, -0.2) is 24.7 Å². The molecule has 0 aromatic carbocycles. The van der Waals surface area contributed by atoms with Crippen LogP contribution in [0.3, 0.4) is 0 Å². The van der Waals surface area contributed by atoms with Gasteiger partial charge in [0.15, 0.2) is 5.16 Å². The molecule has 0 aliphatic rings. The summed E-state index contributed by atoms with van der Waals surface area (Å²) in [7, 11) is 1.65. The van der Waals surface area contributed by atoms with E-state index >= 15 is 0 Å². The van der Waals surface area contributed by atoms with Crippen LogP contribution in [0.4, 0.5) is 0 Å². The van der Waals surface area contributed by atoms with Crippen LogP contribution in [0.2, 0.25) is 0 Å². The van der Waals surface area contributed by atoms with Crippen molar-refractivity contribution in [3.63, 3.8) is 0 Å². The van der Waals surface area contributed by atoms with Gasteiger partial charge >= 0.3 is 5.69 Å². The number of hydrogen-bond donors (Lipinski definition) is 2. The van der Waals surface area contributed by atoms with E-state index in [1.54, 1.807) is 7.05 Å². The highest BCUT2D eigenvalue weighted by atomic mass is 32.2. The van der Waals surface area contributed by atoms with Gasteiger partial charge in [0, 0.05) is 11.9 Å². The number of thiophene rings is 1. The third-order valence-electron chi connectivity index (χ3n) is 3.56. The molecule has 3 aromatic rings. The van der Waals surface area contributed by atoms with Crippen LogP contribution < -0.4 is 11.2 Å². The topological polar surface area (TPSA) is 96.4 Å². The fourth-order valence-electron chi connectivity index (χ4n) is 2.12. The number of aryl methyl sites for hydroxylation is 2. The van der Waals surface area contributed by atoms with Crippen LogP contribution in [0.5, 0.6) is 0 Å². The van der Waals surface area contributed by atoms with Gasteiger partial charge in [-0.2, -0.15) is 0 Å². The summed E-state index contributed by atoms with van der Waals surface area (Å²) in [6.07, 6.45) is 0. The highest BCUT2D eigenvalue weighted by Gasteiger charge is 2.18. The molecule has 3 heterocycles. The predicted octanol–water partition coefficient (Wildman–Crippen LogP) is 1.88. The largest absolute Gasteiger partial charge is 0.343 e. The Hall–Kier alpha value is -1.87. The summed E-state index contributed by atoms with van der Waals surface area (Å²) in [4.78, 5) is 32.9. The Labute approximate surface area is 133 Å². The van der Waals surface area contributed by atoms with Crippen LogP contribution in [0, 0.1) is 13.8 Å². The van der Waals surface area contributed by atoms with Crippen LogP contribution in [0.25, 0.3) is 10.2 Å². The number of aromatic nitrogens is 5. The van der Waals surface area contributed by atoms with E-state index in [4.69, 9.17) is 0 Å². The smallest absolute Gasteiger partial charge is 0.309 e. The minimum absolute atomic E-state index is 0.120. The van der Waals surface area contributed by atoms with E-state index in [0.717, 1.165) is 15.3 Å². The van der Waals surface area contributed by atoms with Gasteiger partial charge in [-0.1, -0.05) is 11.8 Å². The quantitative estimate of drug-likeness (QED) is 0.711. The van der Waals surface area contributed by atoms with Gasteiger partial charge in [-0.05, 0) is 26.3 Å². The zero-order valence-electron chi connectivity index (χ0n) is 12.6. The lowest BCUT2D eigenvalue weighted by Gasteiger charge is -2.09. The molecule has 3 rings (SSSR count). The number of nitrogens with one attached hydrogen (secondary N) is 2. The standard InChI is InChI=1S/C13H15N5O2S2/c1-5-6(2)21-11-8(5)10(19)14-9(15-11)7(3)22-13-17-16-12(20)18(13)4/h7H,1-4H3,(H,16,20)(H,14,15,19). The van der Waals surface area contributed by atoms with Crippen molar-refractivity contribution < 1.29 is 0 Å². The molecule has 0 amide bonds. The lowest BCUT2D eigenvalue weighted by Crippen LogP contribution is -2.14. The molecule has 0 fully saturated rings. The number of rotatable bonds is 3. The van der Waals surface area contributed by atoms with Crippen LogP contribution >= 0.6 is 23.1 Å². The second-order valence-corrected chi connectivity index (χ2v) is 7.56. The molecule has 7 nitrogen and oxygen atoms in total. The van der Waals surface area contributed by atoms with Crippen molar-refractivity contribution in [3.05, 3.63) is 37.1 Å². The van der Waals surface area contributed by atoms with Gasteiger partial charge < -0.3 is 4.98 Å². The summed E-state index contributed by atoms with van der Waals surface area (Å²) >= 11 is 2.89. The third kappa shape index (κ3) is 2.40. The first kappa shape index (κ1) is 15.0. The summed E-state index contributed by atoms with van der Waals surface area (Å²) in [5.41, 5.74) is 0.594. The summed E-state index contributed by atoms with van der Waals surface area (Å²) in [6.45, 7) is 5.84. The van der Waals surface area contributed by atoms with Crippen LogP contribution in [0.1, 0.15) is 28.4 Å². The highest BCUT2D eigenvalue weighted by molar-refractivity contribution is 7.99. The molecular formula is C13H15N5O2S2. The second-order valence-electron chi connectivity index (χ2n) is 5.04. The van der Waals surface area contributed by atoms with Crippen molar-refractivity contribution in [2.24, 2.45) is 7.05 Å². The molecule has 1 atom stereocenters. The summed E-state index contributed by atoms with van der Waals surface area (Å²) in [6, 6.07) is 0. The Morgan fingerprint density at radius 2 is 2.05 bits per heavy atom. The van der Waals surface area contributed by atoms with E-state index in [-0.39, 0.29) is 16.5 Å². The van der Waals surface area contributed by atoms with Crippen molar-refractivity contribution in [3.8, 4) is 0 Å². The molecular weight excluding hydrogens is 322 g/mol. The van der Waals surface area contributed by atoms with Crippen molar-refractivity contribution in [1.29, 1.82) is 0 Å². The van der Waals surface area contributed by atoms with E-state index in [0.29, 0.717) is 16.4 Å². The van der Waals surface area contributed by atoms with E-state index < -0.39 is 0 Å². The van der Waals surface area contributed by atoms with Gasteiger partial charge in [0.25, 0.3) is 5.56 Å². The molecule has 9 heteroatoms. The van der Waals surface area contributed by atoms with Gasteiger partial charge in [0.1, 0.15) is 10.7 Å². The van der Waals surface area contributed by atoms with Gasteiger partial charge in [-0.25, -0.2) is 14.9 Å². The molecule has 0 radical (unpaired) electrons. The number of fused-ring (bicyclic) bond motifs is 1. The Balaban J connectivity index is 2.01. The van der Waals surface area contributed by atoms with Crippen molar-refractivity contribution >= 4 is 33.3 Å². The molecule has 2 N–H and O–H groups in total. The number of aromatic amines is 2. The lowest BCUT2D eigenvalue weighted by molar-refractivity contribution is 0.760. The van der Waals surface area contributed by atoms with Gasteiger partial charge in [0.05, 0.1) is 10.6 Å². The summed E-state index contributed by atoms with van der Waals surface area (Å²) < 4.78 is 1.43. The van der Waals surface area contributed by atoms with E-state index in [2.05, 4.69) is 20.2 Å². The Bertz CT molecular complexity index is 965. The maximum Gasteiger partial charge on any atom is 0.343 e. The molecule has 0 saturated carbocycles. The minimum atomic E-state index is -0.267. The second kappa shape index (κ2) is 5.40. The average Bonchev–Trinajstić information content (AvgIpc) is 2.93. The van der Waals surface area contributed by atoms with E-state index in [9.17, 15) is 9.59 Å². The Morgan fingerprint density at radius 3 is 2.68 bits per heavy atom. The molecule has 116 valence electrons. The number of nitrogens with zero attached hydrogens (tertiary/aromatic N) is 3. The molecule has 0 aliphatic carbocycles. The third-order valence-corrected chi connectivity index (χ3v) is 5.82. The molecule has 22 heavy (non-hydrogen) atoms. The first-order valence-electron chi connectivity index (χ1n) is 6.66. The highest BCUT2D eigenvalue weighted by Crippen LogP contribution is 2.32. The molecule has 0 bridgehead atoms. The average molecular weight is 337 g/mol. The molecule has 3 aromatic heterocycles. The fraction of sp³-hybridized carbons (Fsp3) is 0.385. The number of thioether (sulfide) groups is 1. The maximum absolute atomic E-state index is 12.3. The first-order chi connectivity index (χ1) is 10.4. The monoisotopic (exact) mass is 337 g/mol. The van der Waals surface area contributed by atoms with E-state index in [1.165, 1.54) is 27.7 Å². The first-order valence-corrected chi connectivity index (χ1v) is 8.36. The molecule has 0 aliphatic heterocycles. The Kier molecular flexibility index (Phi) is 3.69. The van der Waals surface area contributed by atoms with Gasteiger partial charge in [0.2, 0.25) is 0 Å². The summed E-state index contributed by atoms with van der Waals surface area (Å²) in [5.74, 6) is 0.583. The SMILES string of the molecule is Cc1sc2nc(C(C)Sc3n[nH]c(=O)n3C)[nH]c(=O)c2c1C. The fourth-order valence-corrected chi connectivity index (χ4v) is 4.03. The predicted molar refractivity (Wildman–Crippen MR) is 87.8 cm³/mol. The normalized spacial score (nSPS) is 12.9. The zero-order chi connectivity index (χ0) is 16.0. The molecule has 0 saturated heterocycles. The van der Waals surface area contributed by atoms with Crippen molar-refractivity contribution in [2.45, 2.75) is 31.2 Å². The molecule has 1 unspecified atom stereocenters. The number of H-pyrrole nitrogens is 2. The van der Waals surface area contributed by atoms with E-state index in [1.807, 2.05) is 20.8 Å². The van der Waals surface area contributed by atoms with Crippen LogP contribution in [0.15, 0.2) is 14.7 Å². The van der Waals surface area contributed by atoms with Crippen LogP contribution in [-0.2, 0) is 7.05 Å². The zero-order valence-corrected chi connectivity index (χ0v) is 14.2. The molecule has 0 spiro atoms. The lowest BCUT2D eigenvalue weighted by atomic mass is 10.2.